The van der Waals surface area contributed by atoms with Gasteiger partial charge in [0.1, 0.15) is 5.78 Å². The van der Waals surface area contributed by atoms with Crippen molar-refractivity contribution in [1.29, 1.82) is 0 Å². The lowest BCUT2D eigenvalue weighted by molar-refractivity contribution is -0.121. The van der Waals surface area contributed by atoms with Gasteiger partial charge in [0.2, 0.25) is 0 Å². The zero-order valence-electron chi connectivity index (χ0n) is 8.46. The number of halogens is 1. The SMILES string of the molecule is CC(C)C(=O)CCc1cncc(Br)c1. The lowest BCUT2D eigenvalue weighted by atomic mass is 10.0. The molecule has 1 aromatic rings. The number of nitrogens with zero attached hydrogens (tertiary/aromatic N) is 1. The van der Waals surface area contributed by atoms with E-state index < -0.39 is 0 Å². The number of aryl methyl sites for hydroxylation is 1. The number of rotatable bonds is 4. The number of hydrogen-bond donors (Lipinski definition) is 0. The van der Waals surface area contributed by atoms with Crippen LogP contribution in [-0.2, 0) is 11.2 Å². The Balaban J connectivity index is 2.50. The summed E-state index contributed by atoms with van der Waals surface area (Å²) in [7, 11) is 0. The summed E-state index contributed by atoms with van der Waals surface area (Å²) in [5, 5.41) is 0. The first-order chi connectivity index (χ1) is 6.59. The van der Waals surface area contributed by atoms with Gasteiger partial charge in [-0.05, 0) is 34.0 Å². The molecular formula is C11H14BrNO. The molecule has 0 aliphatic rings. The highest BCUT2D eigenvalue weighted by molar-refractivity contribution is 9.10. The quantitative estimate of drug-likeness (QED) is 0.828. The Morgan fingerprint density at radius 3 is 2.79 bits per heavy atom. The molecule has 0 aliphatic heterocycles. The van der Waals surface area contributed by atoms with Crippen molar-refractivity contribution in [3.63, 3.8) is 0 Å². The number of carbonyl (C=O) groups excluding carboxylic acids is 1. The summed E-state index contributed by atoms with van der Waals surface area (Å²) in [4.78, 5) is 15.4. The fourth-order valence-corrected chi connectivity index (χ4v) is 1.56. The average molecular weight is 256 g/mol. The molecule has 0 atom stereocenters. The van der Waals surface area contributed by atoms with Crippen LogP contribution in [-0.4, -0.2) is 10.8 Å². The third-order valence-corrected chi connectivity index (χ3v) is 2.50. The van der Waals surface area contributed by atoms with Crippen LogP contribution in [0.1, 0.15) is 25.8 Å². The van der Waals surface area contributed by atoms with Gasteiger partial charge in [-0.3, -0.25) is 9.78 Å². The summed E-state index contributed by atoms with van der Waals surface area (Å²) in [6, 6.07) is 2.00. The van der Waals surface area contributed by atoms with Crippen LogP contribution in [0.2, 0.25) is 0 Å². The Labute approximate surface area is 92.9 Å². The minimum Gasteiger partial charge on any atom is -0.299 e. The van der Waals surface area contributed by atoms with Crippen molar-refractivity contribution in [3.05, 3.63) is 28.5 Å². The normalized spacial score (nSPS) is 10.6. The second-order valence-corrected chi connectivity index (χ2v) is 4.55. The molecule has 0 radical (unpaired) electrons. The van der Waals surface area contributed by atoms with Crippen LogP contribution in [0, 0.1) is 5.92 Å². The molecule has 0 saturated heterocycles. The molecule has 14 heavy (non-hydrogen) atoms. The molecule has 0 saturated carbocycles. The summed E-state index contributed by atoms with van der Waals surface area (Å²) >= 11 is 3.35. The fraction of sp³-hybridized carbons (Fsp3) is 0.455. The first-order valence-corrected chi connectivity index (χ1v) is 5.51. The topological polar surface area (TPSA) is 30.0 Å². The minimum absolute atomic E-state index is 0.134. The van der Waals surface area contributed by atoms with E-state index in [0.717, 1.165) is 16.5 Å². The maximum atomic E-state index is 11.4. The fourth-order valence-electron chi connectivity index (χ4n) is 1.15. The lowest BCUT2D eigenvalue weighted by Crippen LogP contribution is -2.07. The molecular weight excluding hydrogens is 242 g/mol. The Morgan fingerprint density at radius 1 is 1.50 bits per heavy atom. The van der Waals surface area contributed by atoms with Crippen LogP contribution in [0.4, 0.5) is 0 Å². The van der Waals surface area contributed by atoms with Crippen molar-refractivity contribution in [2.24, 2.45) is 5.92 Å². The van der Waals surface area contributed by atoms with Crippen molar-refractivity contribution in [1.82, 2.24) is 4.98 Å². The summed E-state index contributed by atoms with van der Waals surface area (Å²) < 4.78 is 0.965. The van der Waals surface area contributed by atoms with Crippen LogP contribution < -0.4 is 0 Å². The van der Waals surface area contributed by atoms with Gasteiger partial charge in [0.25, 0.3) is 0 Å². The van der Waals surface area contributed by atoms with Gasteiger partial charge in [-0.1, -0.05) is 13.8 Å². The van der Waals surface area contributed by atoms with Gasteiger partial charge >= 0.3 is 0 Å². The monoisotopic (exact) mass is 255 g/mol. The molecule has 1 aromatic heterocycles. The Bertz CT molecular complexity index is 323. The highest BCUT2D eigenvalue weighted by Gasteiger charge is 2.07. The maximum absolute atomic E-state index is 11.4. The predicted molar refractivity (Wildman–Crippen MR) is 60.1 cm³/mol. The molecule has 0 N–H and O–H groups in total. The number of Topliss-reactive ketones (excluding diaryl/α,β-unsaturated/α-hetero) is 1. The molecule has 0 spiro atoms. The molecule has 0 bridgehead atoms. The van der Waals surface area contributed by atoms with Crippen LogP contribution in [0.25, 0.3) is 0 Å². The van der Waals surface area contributed by atoms with Crippen molar-refractivity contribution in [2.45, 2.75) is 26.7 Å². The van der Waals surface area contributed by atoms with E-state index in [1.165, 1.54) is 0 Å². The standard InChI is InChI=1S/C11H14BrNO/c1-8(2)11(14)4-3-9-5-10(12)7-13-6-9/h5-8H,3-4H2,1-2H3. The first-order valence-electron chi connectivity index (χ1n) is 4.71. The van der Waals surface area contributed by atoms with E-state index in [0.29, 0.717) is 12.2 Å². The van der Waals surface area contributed by atoms with Gasteiger partial charge in [-0.15, -0.1) is 0 Å². The highest BCUT2D eigenvalue weighted by atomic mass is 79.9. The molecule has 0 aromatic carbocycles. The zero-order chi connectivity index (χ0) is 10.6. The molecule has 1 heterocycles. The largest absolute Gasteiger partial charge is 0.299 e. The van der Waals surface area contributed by atoms with Crippen LogP contribution in [0.5, 0.6) is 0 Å². The van der Waals surface area contributed by atoms with Gasteiger partial charge in [0, 0.05) is 29.2 Å². The van der Waals surface area contributed by atoms with Gasteiger partial charge in [0.05, 0.1) is 0 Å². The predicted octanol–water partition coefficient (Wildman–Crippen LogP) is 3.00. The first kappa shape index (κ1) is 11.4. The Morgan fingerprint density at radius 2 is 2.21 bits per heavy atom. The van der Waals surface area contributed by atoms with E-state index in [-0.39, 0.29) is 5.92 Å². The average Bonchev–Trinajstić information content (AvgIpc) is 2.14. The molecule has 0 amide bonds. The second-order valence-electron chi connectivity index (χ2n) is 3.63. The van der Waals surface area contributed by atoms with E-state index in [1.54, 1.807) is 12.4 Å². The summed E-state index contributed by atoms with van der Waals surface area (Å²) in [5.74, 6) is 0.445. The third kappa shape index (κ3) is 3.58. The maximum Gasteiger partial charge on any atom is 0.135 e. The number of pyridine rings is 1. The number of hydrogen-bond acceptors (Lipinski definition) is 2. The molecule has 76 valence electrons. The van der Waals surface area contributed by atoms with Gasteiger partial charge in [-0.25, -0.2) is 0 Å². The van der Waals surface area contributed by atoms with Crippen LogP contribution in [0.15, 0.2) is 22.9 Å². The Hall–Kier alpha value is -0.700. The van der Waals surface area contributed by atoms with Crippen LogP contribution >= 0.6 is 15.9 Å². The van der Waals surface area contributed by atoms with Crippen molar-refractivity contribution in [3.8, 4) is 0 Å². The van der Waals surface area contributed by atoms with Crippen molar-refractivity contribution >= 4 is 21.7 Å². The number of carbonyl (C=O) groups is 1. The third-order valence-electron chi connectivity index (χ3n) is 2.07. The minimum atomic E-state index is 0.134. The molecule has 0 unspecified atom stereocenters. The van der Waals surface area contributed by atoms with E-state index in [1.807, 2.05) is 19.9 Å². The Kier molecular flexibility index (Phi) is 4.26. The molecule has 0 aliphatic carbocycles. The van der Waals surface area contributed by atoms with Gasteiger partial charge in [0.15, 0.2) is 0 Å². The smallest absolute Gasteiger partial charge is 0.135 e. The number of ketones is 1. The van der Waals surface area contributed by atoms with E-state index in [2.05, 4.69) is 20.9 Å². The second kappa shape index (κ2) is 5.25. The highest BCUT2D eigenvalue weighted by Crippen LogP contribution is 2.12. The summed E-state index contributed by atoms with van der Waals surface area (Å²) in [6.45, 7) is 3.86. The zero-order valence-corrected chi connectivity index (χ0v) is 10.0. The van der Waals surface area contributed by atoms with E-state index in [9.17, 15) is 4.79 Å². The number of aromatic nitrogens is 1. The summed E-state index contributed by atoms with van der Waals surface area (Å²) in [6.07, 6.45) is 4.94. The molecule has 1 rings (SSSR count). The molecule has 0 fully saturated rings. The lowest BCUT2D eigenvalue weighted by Gasteiger charge is -2.03. The summed E-state index contributed by atoms with van der Waals surface area (Å²) in [5.41, 5.74) is 1.10. The van der Waals surface area contributed by atoms with Gasteiger partial charge < -0.3 is 0 Å². The van der Waals surface area contributed by atoms with Crippen molar-refractivity contribution in [2.75, 3.05) is 0 Å². The molecule has 3 heteroatoms. The van der Waals surface area contributed by atoms with Gasteiger partial charge in [-0.2, -0.15) is 0 Å². The van der Waals surface area contributed by atoms with E-state index >= 15 is 0 Å². The van der Waals surface area contributed by atoms with Crippen molar-refractivity contribution < 1.29 is 4.79 Å². The molecule has 2 nitrogen and oxygen atoms in total. The van der Waals surface area contributed by atoms with E-state index in [4.69, 9.17) is 0 Å². The van der Waals surface area contributed by atoms with Crippen LogP contribution in [0.3, 0.4) is 0 Å².